The van der Waals surface area contributed by atoms with E-state index in [4.69, 9.17) is 4.74 Å². The number of rotatable bonds is 4. The predicted molar refractivity (Wildman–Crippen MR) is 65.8 cm³/mol. The monoisotopic (exact) mass is 238 g/mol. The summed E-state index contributed by atoms with van der Waals surface area (Å²) in [4.78, 5) is 0. The maximum absolute atomic E-state index is 13.4. The summed E-state index contributed by atoms with van der Waals surface area (Å²) in [5.41, 5.74) is 0.884. The van der Waals surface area contributed by atoms with Gasteiger partial charge in [-0.05, 0) is 44.6 Å². The summed E-state index contributed by atoms with van der Waals surface area (Å²) in [6.45, 7) is 1.03. The van der Waals surface area contributed by atoms with Gasteiger partial charge in [-0.3, -0.25) is 0 Å². The lowest BCUT2D eigenvalue weighted by molar-refractivity contribution is 0.380. The predicted octanol–water partition coefficient (Wildman–Crippen LogP) is 1.85. The van der Waals surface area contributed by atoms with Crippen LogP contribution >= 0.6 is 0 Å². The van der Waals surface area contributed by atoms with E-state index in [1.165, 1.54) is 12.5 Å². The van der Waals surface area contributed by atoms with Crippen molar-refractivity contribution < 1.29 is 9.13 Å². The largest absolute Gasteiger partial charge is 0.496 e. The molecule has 2 rings (SSSR count). The van der Waals surface area contributed by atoms with Gasteiger partial charge >= 0.3 is 0 Å². The van der Waals surface area contributed by atoms with Crippen molar-refractivity contribution in [3.05, 3.63) is 29.6 Å². The Balaban J connectivity index is 2.31. The molecule has 0 aromatic heterocycles. The van der Waals surface area contributed by atoms with E-state index >= 15 is 0 Å². The van der Waals surface area contributed by atoms with E-state index in [-0.39, 0.29) is 11.9 Å². The molecule has 1 aromatic rings. The summed E-state index contributed by atoms with van der Waals surface area (Å²) >= 11 is 0. The number of likely N-dealkylation sites (N-methyl/N-ethyl adjacent to an activating group) is 1. The van der Waals surface area contributed by atoms with E-state index in [0.717, 1.165) is 24.3 Å². The molecule has 2 atom stereocenters. The van der Waals surface area contributed by atoms with Crippen molar-refractivity contribution >= 4 is 0 Å². The second kappa shape index (κ2) is 5.47. The quantitative estimate of drug-likeness (QED) is 0.840. The first kappa shape index (κ1) is 12.3. The number of halogens is 1. The Hall–Kier alpha value is -1.13. The van der Waals surface area contributed by atoms with E-state index in [0.29, 0.717) is 6.04 Å². The van der Waals surface area contributed by atoms with Gasteiger partial charge in [-0.15, -0.1) is 0 Å². The van der Waals surface area contributed by atoms with Crippen LogP contribution in [0.1, 0.15) is 24.4 Å². The molecule has 0 radical (unpaired) electrons. The number of hydrogen-bond donors (Lipinski definition) is 2. The molecule has 0 bridgehead atoms. The number of nitrogens with one attached hydrogen (secondary N) is 2. The van der Waals surface area contributed by atoms with Gasteiger partial charge in [0.15, 0.2) is 0 Å². The minimum Gasteiger partial charge on any atom is -0.496 e. The Morgan fingerprint density at radius 3 is 2.94 bits per heavy atom. The van der Waals surface area contributed by atoms with Crippen LogP contribution in [0.25, 0.3) is 0 Å². The van der Waals surface area contributed by atoms with E-state index in [1.807, 2.05) is 7.05 Å². The van der Waals surface area contributed by atoms with Crippen LogP contribution in [0.2, 0.25) is 0 Å². The van der Waals surface area contributed by atoms with Crippen molar-refractivity contribution in [2.75, 3.05) is 20.7 Å². The highest BCUT2D eigenvalue weighted by Gasteiger charge is 2.27. The molecule has 0 spiro atoms. The molecule has 0 saturated carbocycles. The third-order valence-corrected chi connectivity index (χ3v) is 3.34. The molecule has 1 heterocycles. The van der Waals surface area contributed by atoms with Gasteiger partial charge in [0, 0.05) is 11.6 Å². The summed E-state index contributed by atoms with van der Waals surface area (Å²) in [7, 11) is 3.51. The van der Waals surface area contributed by atoms with Crippen LogP contribution in [0.15, 0.2) is 18.2 Å². The SMILES string of the molecule is CNC(c1cc(F)ccc1OC)C1CCCN1. The van der Waals surface area contributed by atoms with Crippen LogP contribution in [-0.4, -0.2) is 26.7 Å². The molecule has 0 amide bonds. The molecular weight excluding hydrogens is 219 g/mol. The first-order valence-electron chi connectivity index (χ1n) is 6.00. The van der Waals surface area contributed by atoms with Crippen LogP contribution in [0.3, 0.4) is 0 Å². The summed E-state index contributed by atoms with van der Waals surface area (Å²) in [5, 5.41) is 6.69. The second-order valence-corrected chi connectivity index (χ2v) is 4.36. The standard InChI is InChI=1S/C13H19FN2O/c1-15-13(11-4-3-7-16-11)10-8-9(14)5-6-12(10)17-2/h5-6,8,11,13,15-16H,3-4,7H2,1-2H3. The van der Waals surface area contributed by atoms with Gasteiger partial charge in [0.25, 0.3) is 0 Å². The van der Waals surface area contributed by atoms with Crippen molar-refractivity contribution in [3.63, 3.8) is 0 Å². The highest BCUT2D eigenvalue weighted by atomic mass is 19.1. The lowest BCUT2D eigenvalue weighted by Crippen LogP contribution is -2.36. The molecule has 1 aromatic carbocycles. The van der Waals surface area contributed by atoms with E-state index in [2.05, 4.69) is 10.6 Å². The van der Waals surface area contributed by atoms with Crippen molar-refractivity contribution in [1.29, 1.82) is 0 Å². The van der Waals surface area contributed by atoms with Gasteiger partial charge in [0.2, 0.25) is 0 Å². The van der Waals surface area contributed by atoms with Gasteiger partial charge < -0.3 is 15.4 Å². The lowest BCUT2D eigenvalue weighted by atomic mass is 9.97. The smallest absolute Gasteiger partial charge is 0.123 e. The third kappa shape index (κ3) is 2.58. The van der Waals surface area contributed by atoms with Gasteiger partial charge in [0.05, 0.1) is 13.2 Å². The molecule has 2 unspecified atom stereocenters. The first-order valence-corrected chi connectivity index (χ1v) is 6.00. The number of ether oxygens (including phenoxy) is 1. The number of benzene rings is 1. The molecule has 1 aliphatic rings. The zero-order chi connectivity index (χ0) is 12.3. The minimum atomic E-state index is -0.223. The van der Waals surface area contributed by atoms with E-state index in [9.17, 15) is 4.39 Å². The maximum Gasteiger partial charge on any atom is 0.123 e. The van der Waals surface area contributed by atoms with Gasteiger partial charge in [-0.25, -0.2) is 4.39 Å². The highest BCUT2D eigenvalue weighted by molar-refractivity contribution is 5.37. The molecular formula is C13H19FN2O. The molecule has 0 aliphatic carbocycles. The molecule has 1 saturated heterocycles. The average molecular weight is 238 g/mol. The van der Waals surface area contributed by atoms with Gasteiger partial charge in [0.1, 0.15) is 11.6 Å². The molecule has 3 nitrogen and oxygen atoms in total. The van der Waals surface area contributed by atoms with Crippen LogP contribution < -0.4 is 15.4 Å². The molecule has 1 aliphatic heterocycles. The van der Waals surface area contributed by atoms with Gasteiger partial charge in [-0.1, -0.05) is 0 Å². The Bertz CT molecular complexity index is 378. The summed E-state index contributed by atoms with van der Waals surface area (Å²) < 4.78 is 18.7. The van der Waals surface area contributed by atoms with Crippen LogP contribution in [-0.2, 0) is 0 Å². The average Bonchev–Trinajstić information content (AvgIpc) is 2.84. The molecule has 17 heavy (non-hydrogen) atoms. The summed E-state index contributed by atoms with van der Waals surface area (Å²) in [6, 6.07) is 5.10. The van der Waals surface area contributed by atoms with Crippen molar-refractivity contribution in [3.8, 4) is 5.75 Å². The number of hydrogen-bond acceptors (Lipinski definition) is 3. The van der Waals surface area contributed by atoms with E-state index in [1.54, 1.807) is 19.2 Å². The Labute approximate surface area is 101 Å². The topological polar surface area (TPSA) is 33.3 Å². The maximum atomic E-state index is 13.4. The summed E-state index contributed by atoms with van der Waals surface area (Å²) in [6.07, 6.45) is 2.27. The Morgan fingerprint density at radius 2 is 2.35 bits per heavy atom. The van der Waals surface area contributed by atoms with E-state index < -0.39 is 0 Å². The van der Waals surface area contributed by atoms with Gasteiger partial charge in [-0.2, -0.15) is 0 Å². The minimum absolute atomic E-state index is 0.0862. The molecule has 94 valence electrons. The van der Waals surface area contributed by atoms with Crippen LogP contribution in [0.5, 0.6) is 5.75 Å². The highest BCUT2D eigenvalue weighted by Crippen LogP contribution is 2.30. The zero-order valence-corrected chi connectivity index (χ0v) is 10.3. The van der Waals surface area contributed by atoms with Crippen molar-refractivity contribution in [2.24, 2.45) is 0 Å². The van der Waals surface area contributed by atoms with Crippen molar-refractivity contribution in [2.45, 2.75) is 24.9 Å². The fourth-order valence-electron chi connectivity index (χ4n) is 2.52. The van der Waals surface area contributed by atoms with Crippen LogP contribution in [0, 0.1) is 5.82 Å². The fourth-order valence-corrected chi connectivity index (χ4v) is 2.52. The molecule has 1 fully saturated rings. The number of methoxy groups -OCH3 is 1. The Kier molecular flexibility index (Phi) is 3.97. The third-order valence-electron chi connectivity index (χ3n) is 3.34. The normalized spacial score (nSPS) is 21.5. The zero-order valence-electron chi connectivity index (χ0n) is 10.3. The fraction of sp³-hybridized carbons (Fsp3) is 0.538. The van der Waals surface area contributed by atoms with Crippen molar-refractivity contribution in [1.82, 2.24) is 10.6 Å². The second-order valence-electron chi connectivity index (χ2n) is 4.36. The Morgan fingerprint density at radius 1 is 1.53 bits per heavy atom. The lowest BCUT2D eigenvalue weighted by Gasteiger charge is -2.25. The summed E-state index contributed by atoms with van der Waals surface area (Å²) in [5.74, 6) is 0.512. The molecule has 4 heteroatoms. The first-order chi connectivity index (χ1) is 8.26. The van der Waals surface area contributed by atoms with Crippen LogP contribution in [0.4, 0.5) is 4.39 Å². The molecule has 2 N–H and O–H groups in total.